The number of carbonyl (C=O) groups excluding carboxylic acids is 2. The van der Waals surface area contributed by atoms with E-state index in [0.717, 1.165) is 6.42 Å². The molecule has 1 unspecified atom stereocenters. The molecule has 0 radical (unpaired) electrons. The molecule has 1 amide bonds. The van der Waals surface area contributed by atoms with Crippen LogP contribution in [0.15, 0.2) is 24.3 Å². The zero-order valence-electron chi connectivity index (χ0n) is 14.5. The van der Waals surface area contributed by atoms with E-state index in [2.05, 4.69) is 0 Å². The summed E-state index contributed by atoms with van der Waals surface area (Å²) in [7, 11) is 1.31. The van der Waals surface area contributed by atoms with Crippen molar-refractivity contribution in [2.45, 2.75) is 27.2 Å². The van der Waals surface area contributed by atoms with Gasteiger partial charge in [0, 0.05) is 30.8 Å². The number of nitrogens with zero attached hydrogens (tertiary/aromatic N) is 2. The SMILES string of the molecule is COC(=O)C(C)CN(CCC(C)C)C(=O)c1cccc([N+](=O)[O-])c1. The average molecular weight is 336 g/mol. The second-order valence-corrected chi connectivity index (χ2v) is 6.17. The number of methoxy groups -OCH3 is 1. The molecule has 0 fully saturated rings. The highest BCUT2D eigenvalue weighted by molar-refractivity contribution is 5.95. The lowest BCUT2D eigenvalue weighted by Crippen LogP contribution is -2.38. The molecule has 0 spiro atoms. The van der Waals surface area contributed by atoms with Crippen LogP contribution in [0.25, 0.3) is 0 Å². The number of hydrogen-bond acceptors (Lipinski definition) is 5. The lowest BCUT2D eigenvalue weighted by molar-refractivity contribution is -0.384. The molecule has 7 heteroatoms. The largest absolute Gasteiger partial charge is 0.469 e. The maximum Gasteiger partial charge on any atom is 0.310 e. The summed E-state index contributed by atoms with van der Waals surface area (Å²) >= 11 is 0. The van der Waals surface area contributed by atoms with Gasteiger partial charge in [0.2, 0.25) is 0 Å². The lowest BCUT2D eigenvalue weighted by Gasteiger charge is -2.26. The molecule has 1 aromatic carbocycles. The molecule has 0 aliphatic heterocycles. The van der Waals surface area contributed by atoms with Gasteiger partial charge in [0.15, 0.2) is 0 Å². The van der Waals surface area contributed by atoms with Crippen molar-refractivity contribution < 1.29 is 19.2 Å². The molecule has 7 nitrogen and oxygen atoms in total. The molecule has 24 heavy (non-hydrogen) atoms. The Morgan fingerprint density at radius 1 is 1.29 bits per heavy atom. The number of benzene rings is 1. The molecular formula is C17H24N2O5. The van der Waals surface area contributed by atoms with Crippen LogP contribution in [-0.4, -0.2) is 41.9 Å². The van der Waals surface area contributed by atoms with Crippen LogP contribution in [0.4, 0.5) is 5.69 Å². The normalized spacial score (nSPS) is 11.9. The number of amides is 1. The minimum Gasteiger partial charge on any atom is -0.469 e. The standard InChI is InChI=1S/C17H24N2O5/c1-12(2)8-9-18(11-13(3)17(21)24-4)16(20)14-6-5-7-15(10-14)19(22)23/h5-7,10,12-13H,8-9,11H2,1-4H3. The predicted octanol–water partition coefficient (Wildman–Crippen LogP) is 2.89. The summed E-state index contributed by atoms with van der Waals surface area (Å²) in [5, 5.41) is 10.9. The quantitative estimate of drug-likeness (QED) is 0.414. The molecule has 1 rings (SSSR count). The van der Waals surface area contributed by atoms with Gasteiger partial charge < -0.3 is 9.64 Å². The van der Waals surface area contributed by atoms with Gasteiger partial charge in [0.25, 0.3) is 11.6 Å². The highest BCUT2D eigenvalue weighted by Crippen LogP contribution is 2.17. The number of nitro groups is 1. The third-order valence-electron chi connectivity index (χ3n) is 3.67. The van der Waals surface area contributed by atoms with Gasteiger partial charge in [-0.25, -0.2) is 0 Å². The van der Waals surface area contributed by atoms with E-state index in [9.17, 15) is 19.7 Å². The van der Waals surface area contributed by atoms with Gasteiger partial charge in [-0.3, -0.25) is 19.7 Å². The van der Waals surface area contributed by atoms with Gasteiger partial charge in [-0.2, -0.15) is 0 Å². The fourth-order valence-electron chi connectivity index (χ4n) is 2.23. The van der Waals surface area contributed by atoms with Crippen molar-refractivity contribution in [3.8, 4) is 0 Å². The van der Waals surface area contributed by atoms with Gasteiger partial charge in [-0.15, -0.1) is 0 Å². The van der Waals surface area contributed by atoms with E-state index in [1.54, 1.807) is 17.9 Å². The Morgan fingerprint density at radius 2 is 1.96 bits per heavy atom. The molecule has 132 valence electrons. The summed E-state index contributed by atoms with van der Waals surface area (Å²) in [6, 6.07) is 5.62. The summed E-state index contributed by atoms with van der Waals surface area (Å²) < 4.78 is 4.71. The zero-order chi connectivity index (χ0) is 18.3. The number of carbonyl (C=O) groups is 2. The maximum absolute atomic E-state index is 12.7. The number of nitro benzene ring substituents is 1. The Balaban J connectivity index is 2.99. The fraction of sp³-hybridized carbons (Fsp3) is 0.529. The first-order valence-corrected chi connectivity index (χ1v) is 7.87. The highest BCUT2D eigenvalue weighted by atomic mass is 16.6. The van der Waals surface area contributed by atoms with E-state index in [1.165, 1.54) is 25.3 Å². The van der Waals surface area contributed by atoms with E-state index in [0.29, 0.717) is 12.5 Å². The van der Waals surface area contributed by atoms with Crippen LogP contribution in [0.5, 0.6) is 0 Å². The number of non-ortho nitro benzene ring substituents is 1. The van der Waals surface area contributed by atoms with Crippen LogP contribution in [0.2, 0.25) is 0 Å². The molecule has 1 aromatic rings. The first-order valence-electron chi connectivity index (χ1n) is 7.87. The van der Waals surface area contributed by atoms with Gasteiger partial charge in [-0.1, -0.05) is 26.8 Å². The molecule has 0 aliphatic rings. The number of esters is 1. The van der Waals surface area contributed by atoms with Crippen molar-refractivity contribution in [2.24, 2.45) is 11.8 Å². The van der Waals surface area contributed by atoms with Crippen molar-refractivity contribution in [3.05, 3.63) is 39.9 Å². The summed E-state index contributed by atoms with van der Waals surface area (Å²) in [6.45, 7) is 6.45. The maximum atomic E-state index is 12.7. The van der Waals surface area contributed by atoms with Crippen LogP contribution >= 0.6 is 0 Å². The first-order chi connectivity index (χ1) is 11.3. The summed E-state index contributed by atoms with van der Waals surface area (Å²) in [5.74, 6) is -0.796. The van der Waals surface area contributed by atoms with E-state index in [4.69, 9.17) is 4.74 Å². The third-order valence-corrected chi connectivity index (χ3v) is 3.67. The Morgan fingerprint density at radius 3 is 2.50 bits per heavy atom. The molecule has 0 aromatic heterocycles. The van der Waals surface area contributed by atoms with Gasteiger partial charge in [0.1, 0.15) is 0 Å². The first kappa shape index (κ1) is 19.6. The molecule has 0 saturated heterocycles. The third kappa shape index (κ3) is 5.64. The second kappa shape index (κ2) is 9.00. The van der Waals surface area contributed by atoms with Gasteiger partial charge in [0.05, 0.1) is 18.0 Å². The summed E-state index contributed by atoms with van der Waals surface area (Å²) in [6.07, 6.45) is 0.772. The molecule has 0 bridgehead atoms. The predicted molar refractivity (Wildman–Crippen MR) is 89.6 cm³/mol. The minimum absolute atomic E-state index is 0.134. The lowest BCUT2D eigenvalue weighted by atomic mass is 10.1. The zero-order valence-corrected chi connectivity index (χ0v) is 14.5. The average Bonchev–Trinajstić information content (AvgIpc) is 2.56. The van der Waals surface area contributed by atoms with Crippen molar-refractivity contribution in [2.75, 3.05) is 20.2 Å². The van der Waals surface area contributed by atoms with Crippen molar-refractivity contribution >= 4 is 17.6 Å². The second-order valence-electron chi connectivity index (χ2n) is 6.17. The van der Waals surface area contributed by atoms with Crippen LogP contribution in [0.3, 0.4) is 0 Å². The van der Waals surface area contributed by atoms with Gasteiger partial charge >= 0.3 is 5.97 Å². The summed E-state index contributed by atoms with van der Waals surface area (Å²) in [5.41, 5.74) is 0.107. The van der Waals surface area contributed by atoms with Crippen LogP contribution < -0.4 is 0 Å². The number of hydrogen-bond donors (Lipinski definition) is 0. The fourth-order valence-corrected chi connectivity index (χ4v) is 2.23. The molecule has 1 atom stereocenters. The van der Waals surface area contributed by atoms with E-state index >= 15 is 0 Å². The summed E-state index contributed by atoms with van der Waals surface area (Å²) in [4.78, 5) is 36.3. The van der Waals surface area contributed by atoms with E-state index < -0.39 is 16.8 Å². The van der Waals surface area contributed by atoms with Crippen LogP contribution in [-0.2, 0) is 9.53 Å². The smallest absolute Gasteiger partial charge is 0.310 e. The molecule has 0 N–H and O–H groups in total. The highest BCUT2D eigenvalue weighted by Gasteiger charge is 2.23. The Kier molecular flexibility index (Phi) is 7.35. The Hall–Kier alpha value is -2.44. The molecular weight excluding hydrogens is 312 g/mol. The van der Waals surface area contributed by atoms with Crippen LogP contribution in [0.1, 0.15) is 37.6 Å². The van der Waals surface area contributed by atoms with E-state index in [1.807, 2.05) is 13.8 Å². The minimum atomic E-state index is -0.535. The topological polar surface area (TPSA) is 89.8 Å². The Labute approximate surface area is 141 Å². The Bertz CT molecular complexity index is 600. The molecule has 0 aliphatic carbocycles. The number of rotatable bonds is 8. The van der Waals surface area contributed by atoms with Crippen LogP contribution in [0, 0.1) is 22.0 Å². The monoisotopic (exact) mass is 336 g/mol. The molecule has 0 heterocycles. The number of ether oxygens (including phenoxy) is 1. The van der Waals surface area contributed by atoms with Crippen molar-refractivity contribution in [1.82, 2.24) is 4.90 Å². The van der Waals surface area contributed by atoms with Gasteiger partial charge in [-0.05, 0) is 18.4 Å². The molecule has 0 saturated carbocycles. The van der Waals surface area contributed by atoms with Crippen molar-refractivity contribution in [3.63, 3.8) is 0 Å². The van der Waals surface area contributed by atoms with E-state index in [-0.39, 0.29) is 23.7 Å². The van der Waals surface area contributed by atoms with Crippen molar-refractivity contribution in [1.29, 1.82) is 0 Å².